The SMILES string of the molecule is Cc1cc(NC(=O)Cc2ccccc2[N+](=O)[O-])sn1. The molecule has 0 saturated heterocycles. The summed E-state index contributed by atoms with van der Waals surface area (Å²) >= 11 is 1.18. The molecule has 0 atom stereocenters. The molecule has 98 valence electrons. The van der Waals surface area contributed by atoms with Crippen molar-refractivity contribution in [1.82, 2.24) is 4.37 Å². The van der Waals surface area contributed by atoms with Gasteiger partial charge >= 0.3 is 0 Å². The van der Waals surface area contributed by atoms with Gasteiger partial charge in [0.1, 0.15) is 5.00 Å². The number of carbonyl (C=O) groups is 1. The van der Waals surface area contributed by atoms with Crippen molar-refractivity contribution in [1.29, 1.82) is 0 Å². The number of hydrogen-bond donors (Lipinski definition) is 1. The molecule has 0 aliphatic heterocycles. The predicted octanol–water partition coefficient (Wildman–Crippen LogP) is 2.54. The van der Waals surface area contributed by atoms with Crippen molar-refractivity contribution in [2.24, 2.45) is 0 Å². The number of anilines is 1. The predicted molar refractivity (Wildman–Crippen MR) is 72.3 cm³/mol. The molecule has 0 aliphatic rings. The van der Waals surface area contributed by atoms with E-state index >= 15 is 0 Å². The first-order valence-electron chi connectivity index (χ1n) is 5.51. The summed E-state index contributed by atoms with van der Waals surface area (Å²) in [6.07, 6.45) is -0.0336. The maximum atomic E-state index is 11.8. The summed E-state index contributed by atoms with van der Waals surface area (Å²) in [5.41, 5.74) is 1.18. The first-order chi connectivity index (χ1) is 9.06. The van der Waals surface area contributed by atoms with E-state index in [1.54, 1.807) is 24.3 Å². The molecule has 6 nitrogen and oxygen atoms in total. The lowest BCUT2D eigenvalue weighted by atomic mass is 10.1. The van der Waals surface area contributed by atoms with Crippen LogP contribution in [-0.4, -0.2) is 15.2 Å². The molecule has 0 radical (unpaired) electrons. The zero-order chi connectivity index (χ0) is 13.8. The largest absolute Gasteiger partial charge is 0.316 e. The van der Waals surface area contributed by atoms with Crippen LogP contribution in [0, 0.1) is 17.0 Å². The fraction of sp³-hybridized carbons (Fsp3) is 0.167. The van der Waals surface area contributed by atoms with Crippen molar-refractivity contribution >= 4 is 28.1 Å². The van der Waals surface area contributed by atoms with Crippen LogP contribution in [0.2, 0.25) is 0 Å². The smallest absolute Gasteiger partial charge is 0.273 e. The molecule has 1 aromatic carbocycles. The normalized spacial score (nSPS) is 10.2. The third kappa shape index (κ3) is 3.35. The summed E-state index contributed by atoms with van der Waals surface area (Å²) in [6.45, 7) is 1.83. The highest BCUT2D eigenvalue weighted by Gasteiger charge is 2.15. The quantitative estimate of drug-likeness (QED) is 0.687. The van der Waals surface area contributed by atoms with Crippen LogP contribution in [-0.2, 0) is 11.2 Å². The number of carbonyl (C=O) groups excluding carboxylic acids is 1. The maximum absolute atomic E-state index is 11.8. The summed E-state index contributed by atoms with van der Waals surface area (Å²) < 4.78 is 4.04. The molecule has 1 amide bonds. The first kappa shape index (κ1) is 13.2. The van der Waals surface area contributed by atoms with Crippen molar-refractivity contribution in [3.8, 4) is 0 Å². The molecule has 1 N–H and O–H groups in total. The number of rotatable bonds is 4. The van der Waals surface area contributed by atoms with E-state index in [4.69, 9.17) is 0 Å². The van der Waals surface area contributed by atoms with E-state index in [0.29, 0.717) is 10.6 Å². The van der Waals surface area contributed by atoms with E-state index < -0.39 is 4.92 Å². The molecule has 0 aliphatic carbocycles. The molecular weight excluding hydrogens is 266 g/mol. The molecule has 0 fully saturated rings. The molecule has 1 heterocycles. The van der Waals surface area contributed by atoms with E-state index in [-0.39, 0.29) is 18.0 Å². The summed E-state index contributed by atoms with van der Waals surface area (Å²) in [7, 11) is 0. The molecule has 2 rings (SSSR count). The number of benzene rings is 1. The number of nitro benzene ring substituents is 1. The number of hydrogen-bond acceptors (Lipinski definition) is 5. The molecule has 1 aromatic heterocycles. The monoisotopic (exact) mass is 277 g/mol. The highest BCUT2D eigenvalue weighted by Crippen LogP contribution is 2.20. The van der Waals surface area contributed by atoms with E-state index in [9.17, 15) is 14.9 Å². The molecule has 19 heavy (non-hydrogen) atoms. The van der Waals surface area contributed by atoms with Gasteiger partial charge in [0.15, 0.2) is 0 Å². The van der Waals surface area contributed by atoms with Gasteiger partial charge in [0, 0.05) is 11.6 Å². The van der Waals surface area contributed by atoms with Crippen molar-refractivity contribution in [2.45, 2.75) is 13.3 Å². The van der Waals surface area contributed by atoms with Gasteiger partial charge in [0.25, 0.3) is 5.69 Å². The van der Waals surface area contributed by atoms with E-state index in [0.717, 1.165) is 5.69 Å². The Labute approximate surface area is 113 Å². The van der Waals surface area contributed by atoms with Gasteiger partial charge in [-0.15, -0.1) is 0 Å². The third-order valence-electron chi connectivity index (χ3n) is 2.43. The molecule has 7 heteroatoms. The fourth-order valence-corrected chi connectivity index (χ4v) is 2.29. The number of aromatic nitrogens is 1. The topological polar surface area (TPSA) is 85.1 Å². The van der Waals surface area contributed by atoms with Crippen molar-refractivity contribution < 1.29 is 9.72 Å². The maximum Gasteiger partial charge on any atom is 0.273 e. The van der Waals surface area contributed by atoms with Crippen LogP contribution in [0.5, 0.6) is 0 Å². The molecular formula is C12H11N3O3S. The average Bonchev–Trinajstić information content (AvgIpc) is 2.75. The number of nitro groups is 1. The van der Waals surface area contributed by atoms with Crippen molar-refractivity contribution in [3.63, 3.8) is 0 Å². The summed E-state index contributed by atoms with van der Waals surface area (Å²) in [5, 5.41) is 14.1. The van der Waals surface area contributed by atoms with Gasteiger partial charge in [-0.3, -0.25) is 14.9 Å². The lowest BCUT2D eigenvalue weighted by Crippen LogP contribution is -2.14. The Morgan fingerprint density at radius 1 is 1.47 bits per heavy atom. The Hall–Kier alpha value is -2.28. The van der Waals surface area contributed by atoms with E-state index in [2.05, 4.69) is 9.69 Å². The van der Waals surface area contributed by atoms with Crippen LogP contribution >= 0.6 is 11.5 Å². The first-order valence-corrected chi connectivity index (χ1v) is 6.29. The van der Waals surface area contributed by atoms with Crippen molar-refractivity contribution in [3.05, 3.63) is 51.7 Å². The Morgan fingerprint density at radius 3 is 2.84 bits per heavy atom. The van der Waals surface area contributed by atoms with Gasteiger partial charge in [0.2, 0.25) is 5.91 Å². The van der Waals surface area contributed by atoms with Crippen molar-refractivity contribution in [2.75, 3.05) is 5.32 Å². The second-order valence-electron chi connectivity index (χ2n) is 3.94. The highest BCUT2D eigenvalue weighted by molar-refractivity contribution is 7.10. The number of aryl methyl sites for hydroxylation is 1. The Morgan fingerprint density at radius 2 is 2.21 bits per heavy atom. The summed E-state index contributed by atoms with van der Waals surface area (Å²) in [5.74, 6) is -0.294. The summed E-state index contributed by atoms with van der Waals surface area (Å²) in [4.78, 5) is 22.2. The fourth-order valence-electron chi connectivity index (χ4n) is 1.62. The highest BCUT2D eigenvalue weighted by atomic mass is 32.1. The standard InChI is InChI=1S/C12H11N3O3S/c1-8-6-12(19-14-8)13-11(16)7-9-4-2-3-5-10(9)15(17)18/h2-6H,7H2,1H3,(H,13,16). The molecule has 0 spiro atoms. The Balaban J connectivity index is 2.09. The zero-order valence-electron chi connectivity index (χ0n) is 10.1. The lowest BCUT2D eigenvalue weighted by Gasteiger charge is -2.03. The van der Waals surface area contributed by atoms with Gasteiger partial charge in [-0.2, -0.15) is 4.37 Å². The van der Waals surface area contributed by atoms with Gasteiger partial charge in [-0.25, -0.2) is 0 Å². The number of nitrogens with zero attached hydrogens (tertiary/aromatic N) is 2. The van der Waals surface area contributed by atoms with Crippen LogP contribution in [0.15, 0.2) is 30.3 Å². The number of amides is 1. The zero-order valence-corrected chi connectivity index (χ0v) is 10.9. The van der Waals surface area contributed by atoms with Gasteiger partial charge in [0.05, 0.1) is 17.0 Å². The van der Waals surface area contributed by atoms with Crippen LogP contribution in [0.25, 0.3) is 0 Å². The van der Waals surface area contributed by atoms with Crippen LogP contribution in [0.3, 0.4) is 0 Å². The van der Waals surface area contributed by atoms with E-state index in [1.807, 2.05) is 6.92 Å². The average molecular weight is 277 g/mol. The van der Waals surface area contributed by atoms with Gasteiger partial charge in [-0.1, -0.05) is 18.2 Å². The second kappa shape index (κ2) is 5.57. The minimum Gasteiger partial charge on any atom is -0.316 e. The molecule has 0 bridgehead atoms. The number of para-hydroxylation sites is 1. The third-order valence-corrected chi connectivity index (χ3v) is 3.23. The van der Waals surface area contributed by atoms with Gasteiger partial charge in [-0.05, 0) is 24.5 Å². The van der Waals surface area contributed by atoms with Crippen LogP contribution < -0.4 is 5.32 Å². The van der Waals surface area contributed by atoms with Crippen LogP contribution in [0.1, 0.15) is 11.3 Å². The van der Waals surface area contributed by atoms with E-state index in [1.165, 1.54) is 17.6 Å². The van der Waals surface area contributed by atoms with Crippen LogP contribution in [0.4, 0.5) is 10.7 Å². The van der Waals surface area contributed by atoms with Gasteiger partial charge < -0.3 is 5.32 Å². The second-order valence-corrected chi connectivity index (χ2v) is 4.75. The minimum atomic E-state index is -0.487. The summed E-state index contributed by atoms with van der Waals surface area (Å²) in [6, 6.07) is 7.97. The molecule has 0 unspecified atom stereocenters. The lowest BCUT2D eigenvalue weighted by molar-refractivity contribution is -0.385. The number of nitrogens with one attached hydrogen (secondary N) is 1. The molecule has 0 saturated carbocycles. The molecule has 2 aromatic rings. The minimum absolute atomic E-state index is 0.0336. The Kier molecular flexibility index (Phi) is 3.86. The Bertz CT molecular complexity index is 624.